The van der Waals surface area contributed by atoms with Gasteiger partial charge >= 0.3 is 0 Å². The number of nitrogens with one attached hydrogen (secondary N) is 1. The Kier molecular flexibility index (Phi) is 3.95. The molecule has 4 rings (SSSR count). The predicted molar refractivity (Wildman–Crippen MR) is 99.8 cm³/mol. The molecule has 25 heavy (non-hydrogen) atoms. The standard InChI is InChI=1S/C19H14N4OS/c1-12-5-4-6-13(9-12)17-10-15(14-7-2-3-8-16(14)21-17)18(24)22-19-23-20-11-25-19/h2-11H,1H3,(H,22,23,24). The molecule has 1 amide bonds. The number of hydrogen-bond acceptors (Lipinski definition) is 5. The second-order valence-electron chi connectivity index (χ2n) is 5.64. The number of carbonyl (C=O) groups is 1. The number of benzene rings is 2. The lowest BCUT2D eigenvalue weighted by molar-refractivity contribution is 0.102. The van der Waals surface area contributed by atoms with E-state index >= 15 is 0 Å². The fourth-order valence-electron chi connectivity index (χ4n) is 2.71. The lowest BCUT2D eigenvalue weighted by atomic mass is 10.0. The molecular formula is C19H14N4OS. The van der Waals surface area contributed by atoms with E-state index in [0.29, 0.717) is 10.7 Å². The molecule has 2 aromatic carbocycles. The fraction of sp³-hybridized carbons (Fsp3) is 0.0526. The number of aryl methyl sites for hydroxylation is 1. The highest BCUT2D eigenvalue weighted by atomic mass is 32.1. The van der Waals surface area contributed by atoms with E-state index in [1.54, 1.807) is 5.51 Å². The number of pyridine rings is 1. The van der Waals surface area contributed by atoms with Crippen molar-refractivity contribution in [2.45, 2.75) is 6.92 Å². The molecule has 2 aromatic heterocycles. The van der Waals surface area contributed by atoms with Gasteiger partial charge < -0.3 is 0 Å². The van der Waals surface area contributed by atoms with Crippen molar-refractivity contribution in [3.8, 4) is 11.3 Å². The van der Waals surface area contributed by atoms with Crippen molar-refractivity contribution >= 4 is 33.3 Å². The van der Waals surface area contributed by atoms with Crippen molar-refractivity contribution in [2.24, 2.45) is 0 Å². The fourth-order valence-corrected chi connectivity index (χ4v) is 3.15. The largest absolute Gasteiger partial charge is 0.296 e. The molecule has 0 saturated carbocycles. The summed E-state index contributed by atoms with van der Waals surface area (Å²) in [5.74, 6) is -0.218. The maximum atomic E-state index is 12.8. The highest BCUT2D eigenvalue weighted by molar-refractivity contribution is 7.13. The van der Waals surface area contributed by atoms with Crippen molar-refractivity contribution in [1.29, 1.82) is 0 Å². The van der Waals surface area contributed by atoms with Crippen LogP contribution in [-0.4, -0.2) is 21.1 Å². The maximum Gasteiger partial charge on any atom is 0.258 e. The summed E-state index contributed by atoms with van der Waals surface area (Å²) in [6.45, 7) is 2.04. The minimum absolute atomic E-state index is 0.218. The van der Waals surface area contributed by atoms with E-state index in [1.807, 2.05) is 55.5 Å². The normalized spacial score (nSPS) is 10.8. The van der Waals surface area contributed by atoms with Gasteiger partial charge in [-0.25, -0.2) is 4.98 Å². The van der Waals surface area contributed by atoms with Gasteiger partial charge in [-0.05, 0) is 25.1 Å². The van der Waals surface area contributed by atoms with Crippen molar-refractivity contribution in [3.63, 3.8) is 0 Å². The van der Waals surface area contributed by atoms with E-state index in [1.165, 1.54) is 11.3 Å². The molecule has 5 nitrogen and oxygen atoms in total. The summed E-state index contributed by atoms with van der Waals surface area (Å²) in [7, 11) is 0. The van der Waals surface area contributed by atoms with Gasteiger partial charge in [0.1, 0.15) is 5.51 Å². The minimum atomic E-state index is -0.218. The van der Waals surface area contributed by atoms with Crippen LogP contribution in [-0.2, 0) is 0 Å². The molecule has 0 atom stereocenters. The van der Waals surface area contributed by atoms with Gasteiger partial charge in [-0.15, -0.1) is 10.2 Å². The van der Waals surface area contributed by atoms with Gasteiger partial charge in [0, 0.05) is 10.9 Å². The molecule has 0 saturated heterocycles. The molecular weight excluding hydrogens is 332 g/mol. The lowest BCUT2D eigenvalue weighted by Gasteiger charge is -2.10. The number of anilines is 1. The first kappa shape index (κ1) is 15.4. The summed E-state index contributed by atoms with van der Waals surface area (Å²) in [5.41, 5.74) is 5.83. The van der Waals surface area contributed by atoms with Crippen LogP contribution in [0.2, 0.25) is 0 Å². The molecule has 2 heterocycles. The quantitative estimate of drug-likeness (QED) is 0.600. The van der Waals surface area contributed by atoms with Gasteiger partial charge in [0.15, 0.2) is 0 Å². The van der Waals surface area contributed by atoms with E-state index < -0.39 is 0 Å². The van der Waals surface area contributed by atoms with Gasteiger partial charge in [-0.2, -0.15) is 0 Å². The number of amides is 1. The summed E-state index contributed by atoms with van der Waals surface area (Å²) >= 11 is 1.28. The Morgan fingerprint density at radius 2 is 1.96 bits per heavy atom. The molecule has 0 unspecified atom stereocenters. The second kappa shape index (κ2) is 6.41. The van der Waals surface area contributed by atoms with Gasteiger partial charge in [0.05, 0.1) is 16.8 Å². The Balaban J connectivity index is 1.85. The van der Waals surface area contributed by atoms with Gasteiger partial charge in [0.2, 0.25) is 5.13 Å². The van der Waals surface area contributed by atoms with Crippen molar-refractivity contribution < 1.29 is 4.79 Å². The monoisotopic (exact) mass is 346 g/mol. The third kappa shape index (κ3) is 3.12. The first-order chi connectivity index (χ1) is 12.2. The highest BCUT2D eigenvalue weighted by Gasteiger charge is 2.15. The maximum absolute atomic E-state index is 12.8. The Morgan fingerprint density at radius 3 is 2.76 bits per heavy atom. The molecule has 0 aliphatic heterocycles. The SMILES string of the molecule is Cc1cccc(-c2cc(C(=O)Nc3nncs3)c3ccccc3n2)c1. The smallest absolute Gasteiger partial charge is 0.258 e. The molecule has 4 aromatic rings. The summed E-state index contributed by atoms with van der Waals surface area (Å²) in [5, 5.41) is 11.7. The summed E-state index contributed by atoms with van der Waals surface area (Å²) in [6.07, 6.45) is 0. The van der Waals surface area contributed by atoms with Crippen LogP contribution in [0.1, 0.15) is 15.9 Å². The molecule has 0 spiro atoms. The van der Waals surface area contributed by atoms with Crippen LogP contribution in [0.3, 0.4) is 0 Å². The average molecular weight is 346 g/mol. The Bertz CT molecular complexity index is 1060. The van der Waals surface area contributed by atoms with Crippen molar-refractivity contribution in [1.82, 2.24) is 15.2 Å². The van der Waals surface area contributed by atoms with Crippen molar-refractivity contribution in [3.05, 3.63) is 71.2 Å². The molecule has 0 aliphatic rings. The number of para-hydroxylation sites is 1. The number of fused-ring (bicyclic) bond motifs is 1. The third-order valence-electron chi connectivity index (χ3n) is 3.86. The van der Waals surface area contributed by atoms with E-state index in [9.17, 15) is 4.79 Å². The average Bonchev–Trinajstić information content (AvgIpc) is 3.13. The Labute approximate surface area is 148 Å². The molecule has 0 radical (unpaired) electrons. The molecule has 6 heteroatoms. The van der Waals surface area contributed by atoms with E-state index in [2.05, 4.69) is 21.6 Å². The Morgan fingerprint density at radius 1 is 1.08 bits per heavy atom. The molecule has 0 fully saturated rings. The number of rotatable bonds is 3. The molecule has 122 valence electrons. The zero-order valence-corrected chi connectivity index (χ0v) is 14.2. The van der Waals surface area contributed by atoms with Crippen LogP contribution in [0, 0.1) is 6.92 Å². The Hall–Kier alpha value is -3.12. The topological polar surface area (TPSA) is 67.8 Å². The van der Waals surface area contributed by atoms with Gasteiger partial charge in [-0.1, -0.05) is 53.3 Å². The highest BCUT2D eigenvalue weighted by Crippen LogP contribution is 2.26. The van der Waals surface area contributed by atoms with E-state index in [0.717, 1.165) is 27.7 Å². The number of nitrogens with zero attached hydrogens (tertiary/aromatic N) is 3. The predicted octanol–water partition coefficient (Wildman–Crippen LogP) is 4.31. The summed E-state index contributed by atoms with van der Waals surface area (Å²) in [4.78, 5) is 17.5. The zero-order valence-electron chi connectivity index (χ0n) is 13.4. The van der Waals surface area contributed by atoms with E-state index in [4.69, 9.17) is 4.98 Å². The first-order valence-corrected chi connectivity index (χ1v) is 8.63. The number of aromatic nitrogens is 3. The van der Waals surface area contributed by atoms with Crippen LogP contribution in [0.5, 0.6) is 0 Å². The first-order valence-electron chi connectivity index (χ1n) is 7.75. The van der Waals surface area contributed by atoms with Crippen LogP contribution in [0.4, 0.5) is 5.13 Å². The molecule has 1 N–H and O–H groups in total. The third-order valence-corrected chi connectivity index (χ3v) is 4.46. The number of carbonyl (C=O) groups excluding carboxylic acids is 1. The van der Waals surface area contributed by atoms with E-state index in [-0.39, 0.29) is 5.91 Å². The molecule has 0 bridgehead atoms. The van der Waals surface area contributed by atoms with Crippen molar-refractivity contribution in [2.75, 3.05) is 5.32 Å². The number of hydrogen-bond donors (Lipinski definition) is 1. The van der Waals surface area contributed by atoms with Crippen LogP contribution in [0.25, 0.3) is 22.2 Å². The minimum Gasteiger partial charge on any atom is -0.296 e. The van der Waals surface area contributed by atoms with Crippen LogP contribution in [0.15, 0.2) is 60.1 Å². The molecule has 0 aliphatic carbocycles. The van der Waals surface area contributed by atoms with Crippen LogP contribution >= 0.6 is 11.3 Å². The van der Waals surface area contributed by atoms with Gasteiger partial charge in [0.25, 0.3) is 5.91 Å². The lowest BCUT2D eigenvalue weighted by Crippen LogP contribution is -2.13. The summed E-state index contributed by atoms with van der Waals surface area (Å²) < 4.78 is 0. The van der Waals surface area contributed by atoms with Crippen LogP contribution < -0.4 is 5.32 Å². The zero-order chi connectivity index (χ0) is 17.2. The second-order valence-corrected chi connectivity index (χ2v) is 6.47. The van der Waals surface area contributed by atoms with Gasteiger partial charge in [-0.3, -0.25) is 10.1 Å². The summed E-state index contributed by atoms with van der Waals surface area (Å²) in [6, 6.07) is 17.5.